The first kappa shape index (κ1) is 9.03. The molecule has 0 aromatic heterocycles. The van der Waals surface area contributed by atoms with Gasteiger partial charge in [0.25, 0.3) is 0 Å². The van der Waals surface area contributed by atoms with Crippen LogP contribution < -0.4 is 5.32 Å². The van der Waals surface area contributed by atoms with Crippen LogP contribution in [0.4, 0.5) is 8.78 Å². The Balaban J connectivity index is 1.82. The number of fused-ring (bicyclic) bond motifs is 2. The molecule has 1 aromatic rings. The SMILES string of the molecule is [2H]C1NCC2(CC2)c2cc([C@]3(F)C[C@H]3F)ccc21. The number of rotatable bonds is 1. The summed E-state index contributed by atoms with van der Waals surface area (Å²) in [6.07, 6.45) is 0.809. The Hall–Kier alpha value is -0.960. The molecule has 17 heavy (non-hydrogen) atoms. The largest absolute Gasteiger partial charge is 0.312 e. The molecule has 1 nitrogen and oxygen atoms in total. The molecule has 1 spiro atoms. The van der Waals surface area contributed by atoms with E-state index in [1.54, 1.807) is 12.1 Å². The molecule has 3 heteroatoms. The van der Waals surface area contributed by atoms with Crippen LogP contribution in [0.25, 0.3) is 0 Å². The zero-order valence-electron chi connectivity index (χ0n) is 10.5. The molecule has 0 amide bonds. The summed E-state index contributed by atoms with van der Waals surface area (Å²) in [5.41, 5.74) is 0.819. The second kappa shape index (κ2) is 2.89. The van der Waals surface area contributed by atoms with Gasteiger partial charge in [0.15, 0.2) is 5.67 Å². The first-order valence-electron chi connectivity index (χ1n) is 6.76. The summed E-state index contributed by atoms with van der Waals surface area (Å²) in [6, 6.07) is 5.29. The molecule has 2 fully saturated rings. The third kappa shape index (κ3) is 1.26. The summed E-state index contributed by atoms with van der Waals surface area (Å²) in [6.45, 7) is 0.354. The van der Waals surface area contributed by atoms with Crippen molar-refractivity contribution in [3.8, 4) is 0 Å². The molecule has 1 N–H and O–H groups in total. The van der Waals surface area contributed by atoms with Crippen LogP contribution in [0.5, 0.6) is 0 Å². The molecule has 2 saturated carbocycles. The van der Waals surface area contributed by atoms with Crippen molar-refractivity contribution in [1.29, 1.82) is 0 Å². The van der Waals surface area contributed by atoms with E-state index in [1.165, 1.54) is 0 Å². The summed E-state index contributed by atoms with van der Waals surface area (Å²) in [4.78, 5) is 0. The minimum absolute atomic E-state index is 0.0126. The second-order valence-electron chi connectivity index (χ2n) is 5.64. The van der Waals surface area contributed by atoms with Crippen molar-refractivity contribution >= 4 is 0 Å². The molecule has 2 aliphatic carbocycles. The van der Waals surface area contributed by atoms with Gasteiger partial charge in [0, 0.05) is 26.3 Å². The predicted octanol–water partition coefficient (Wildman–Crippen LogP) is 2.73. The summed E-state index contributed by atoms with van der Waals surface area (Å²) in [7, 11) is 0. The third-order valence-electron chi connectivity index (χ3n) is 4.47. The summed E-state index contributed by atoms with van der Waals surface area (Å²) < 4.78 is 35.2. The van der Waals surface area contributed by atoms with Gasteiger partial charge >= 0.3 is 0 Å². The van der Waals surface area contributed by atoms with Gasteiger partial charge < -0.3 is 5.32 Å². The van der Waals surface area contributed by atoms with Gasteiger partial charge in [-0.05, 0) is 29.5 Å². The molecule has 3 atom stereocenters. The van der Waals surface area contributed by atoms with Crippen molar-refractivity contribution in [2.24, 2.45) is 0 Å². The first-order chi connectivity index (χ1) is 8.55. The monoisotopic (exact) mass is 236 g/mol. The number of halogens is 2. The van der Waals surface area contributed by atoms with E-state index in [1.807, 2.05) is 6.07 Å². The van der Waals surface area contributed by atoms with Gasteiger partial charge in [-0.25, -0.2) is 8.78 Å². The fraction of sp³-hybridized carbons (Fsp3) is 0.571. The number of nitrogens with one attached hydrogen (secondary N) is 1. The number of benzene rings is 1. The van der Waals surface area contributed by atoms with Crippen LogP contribution in [-0.4, -0.2) is 12.7 Å². The van der Waals surface area contributed by atoms with Crippen molar-refractivity contribution in [2.45, 2.75) is 43.0 Å². The quantitative estimate of drug-likeness (QED) is 0.790. The van der Waals surface area contributed by atoms with Gasteiger partial charge in [0.05, 0.1) is 0 Å². The molecule has 0 bridgehead atoms. The van der Waals surface area contributed by atoms with Gasteiger partial charge in [-0.15, -0.1) is 0 Å². The highest BCUT2D eigenvalue weighted by molar-refractivity contribution is 5.46. The summed E-state index contributed by atoms with van der Waals surface area (Å²) >= 11 is 0. The van der Waals surface area contributed by atoms with E-state index in [0.717, 1.165) is 30.5 Å². The van der Waals surface area contributed by atoms with Crippen LogP contribution >= 0.6 is 0 Å². The number of hydrogen-bond acceptors (Lipinski definition) is 1. The average Bonchev–Trinajstić information content (AvgIpc) is 3.25. The molecule has 1 aromatic carbocycles. The fourth-order valence-corrected chi connectivity index (χ4v) is 2.95. The zero-order valence-corrected chi connectivity index (χ0v) is 9.47. The standard InChI is InChI=1S/C14H15F2N/c15-12-6-14(12,16)10-2-1-9-7-17-8-13(3-4-13)11(9)5-10/h1-2,5,12,17H,3-4,6-8H2/t12-,14-/m1/s1/i7D/t7?,12-,14-. The molecule has 3 aliphatic rings. The lowest BCUT2D eigenvalue weighted by molar-refractivity contribution is 0.251. The molecule has 90 valence electrons. The van der Waals surface area contributed by atoms with E-state index < -0.39 is 18.4 Å². The lowest BCUT2D eigenvalue weighted by Crippen LogP contribution is -2.33. The Morgan fingerprint density at radius 2 is 2.18 bits per heavy atom. The molecule has 0 radical (unpaired) electrons. The molecule has 1 unspecified atom stereocenters. The maximum atomic E-state index is 14.1. The van der Waals surface area contributed by atoms with Crippen LogP contribution in [0.15, 0.2) is 18.2 Å². The lowest BCUT2D eigenvalue weighted by atomic mass is 9.86. The highest BCUT2D eigenvalue weighted by atomic mass is 19.2. The average molecular weight is 236 g/mol. The van der Waals surface area contributed by atoms with E-state index in [0.29, 0.717) is 5.56 Å². The number of hydrogen-bond donors (Lipinski definition) is 1. The van der Waals surface area contributed by atoms with Gasteiger partial charge in [0.2, 0.25) is 0 Å². The zero-order chi connectivity index (χ0) is 12.5. The van der Waals surface area contributed by atoms with Crippen molar-refractivity contribution in [3.05, 3.63) is 34.9 Å². The summed E-state index contributed by atoms with van der Waals surface area (Å²) in [5.74, 6) is 0. The van der Waals surface area contributed by atoms with Crippen LogP contribution in [-0.2, 0) is 17.6 Å². The first-order valence-corrected chi connectivity index (χ1v) is 6.19. The van der Waals surface area contributed by atoms with Gasteiger partial charge in [0.1, 0.15) is 6.17 Å². The van der Waals surface area contributed by atoms with Gasteiger partial charge in [-0.3, -0.25) is 0 Å². The third-order valence-corrected chi connectivity index (χ3v) is 4.47. The highest BCUT2D eigenvalue weighted by Gasteiger charge is 2.58. The molecular weight excluding hydrogens is 220 g/mol. The maximum Gasteiger partial charge on any atom is 0.169 e. The minimum Gasteiger partial charge on any atom is -0.312 e. The molecule has 0 saturated heterocycles. The van der Waals surface area contributed by atoms with Crippen LogP contribution in [0, 0.1) is 0 Å². The smallest absolute Gasteiger partial charge is 0.169 e. The van der Waals surface area contributed by atoms with Crippen molar-refractivity contribution in [2.75, 3.05) is 6.54 Å². The van der Waals surface area contributed by atoms with Crippen LogP contribution in [0.2, 0.25) is 0 Å². The van der Waals surface area contributed by atoms with Crippen molar-refractivity contribution in [1.82, 2.24) is 5.32 Å². The number of alkyl halides is 2. The fourth-order valence-electron chi connectivity index (χ4n) is 2.95. The Bertz CT molecular complexity index is 529. The Kier molecular flexibility index (Phi) is 1.53. The second-order valence-corrected chi connectivity index (χ2v) is 5.64. The molecular formula is C14H15F2N. The normalized spacial score (nSPS) is 41.9. The van der Waals surface area contributed by atoms with E-state index in [4.69, 9.17) is 1.37 Å². The van der Waals surface area contributed by atoms with Crippen LogP contribution in [0.3, 0.4) is 0 Å². The Morgan fingerprint density at radius 3 is 2.82 bits per heavy atom. The molecule has 4 rings (SSSR count). The van der Waals surface area contributed by atoms with E-state index in [-0.39, 0.29) is 11.8 Å². The van der Waals surface area contributed by atoms with E-state index in [9.17, 15) is 8.78 Å². The van der Waals surface area contributed by atoms with Gasteiger partial charge in [-0.2, -0.15) is 0 Å². The lowest BCUT2D eigenvalue weighted by Gasteiger charge is -2.27. The topological polar surface area (TPSA) is 12.0 Å². The Labute approximate surface area is 101 Å². The summed E-state index contributed by atoms with van der Waals surface area (Å²) in [5, 5.41) is 3.17. The van der Waals surface area contributed by atoms with Gasteiger partial charge in [-0.1, -0.05) is 18.2 Å². The van der Waals surface area contributed by atoms with E-state index in [2.05, 4.69) is 5.32 Å². The maximum absolute atomic E-state index is 14.1. The Morgan fingerprint density at radius 1 is 1.41 bits per heavy atom. The minimum atomic E-state index is -1.76. The van der Waals surface area contributed by atoms with E-state index >= 15 is 0 Å². The highest BCUT2D eigenvalue weighted by Crippen LogP contribution is 2.55. The van der Waals surface area contributed by atoms with Crippen LogP contribution in [0.1, 0.15) is 37.3 Å². The van der Waals surface area contributed by atoms with Crippen molar-refractivity contribution in [3.63, 3.8) is 0 Å². The van der Waals surface area contributed by atoms with Crippen molar-refractivity contribution < 1.29 is 10.2 Å². The predicted molar refractivity (Wildman–Crippen MR) is 61.4 cm³/mol. The molecule has 1 aliphatic heterocycles. The molecule has 1 heterocycles.